The Morgan fingerprint density at radius 3 is 2.33 bits per heavy atom. The predicted molar refractivity (Wildman–Crippen MR) is 80.4 cm³/mol. The first kappa shape index (κ1) is 13.1. The lowest BCUT2D eigenvalue weighted by molar-refractivity contribution is -0.384. The molecular formula is C16H13N3O2. The lowest BCUT2D eigenvalue weighted by Crippen LogP contribution is -1.95. The van der Waals surface area contributed by atoms with Gasteiger partial charge in [0.05, 0.1) is 16.3 Å². The van der Waals surface area contributed by atoms with Gasteiger partial charge in [0.1, 0.15) is 0 Å². The number of aryl methyl sites for hydroxylation is 1. The first-order valence-corrected chi connectivity index (χ1v) is 6.51. The molecule has 5 heteroatoms. The fourth-order valence-corrected chi connectivity index (χ4v) is 2.20. The lowest BCUT2D eigenvalue weighted by Gasteiger charge is -2.00. The summed E-state index contributed by atoms with van der Waals surface area (Å²) in [6.45, 7) is 2.00. The largest absolute Gasteiger partial charge is 0.269 e. The Labute approximate surface area is 121 Å². The molecule has 0 saturated carbocycles. The number of hydrogen-bond acceptors (Lipinski definition) is 3. The van der Waals surface area contributed by atoms with Gasteiger partial charge in [-0.3, -0.25) is 10.1 Å². The molecule has 1 aromatic heterocycles. The molecule has 0 aliphatic carbocycles. The van der Waals surface area contributed by atoms with E-state index in [1.807, 2.05) is 43.5 Å². The third-order valence-corrected chi connectivity index (χ3v) is 3.27. The molecular weight excluding hydrogens is 266 g/mol. The molecule has 0 bridgehead atoms. The van der Waals surface area contributed by atoms with Crippen LogP contribution in [0.5, 0.6) is 0 Å². The summed E-state index contributed by atoms with van der Waals surface area (Å²) >= 11 is 0. The molecule has 0 radical (unpaired) electrons. The van der Waals surface area contributed by atoms with Crippen LogP contribution in [0.2, 0.25) is 0 Å². The normalized spacial score (nSPS) is 10.5. The second kappa shape index (κ2) is 5.20. The molecule has 0 fully saturated rings. The zero-order valence-electron chi connectivity index (χ0n) is 11.4. The van der Waals surface area contributed by atoms with Crippen molar-refractivity contribution in [2.24, 2.45) is 0 Å². The Balaban J connectivity index is 1.99. The maximum atomic E-state index is 10.7. The van der Waals surface area contributed by atoms with Crippen molar-refractivity contribution in [3.63, 3.8) is 0 Å². The molecule has 0 saturated heterocycles. The van der Waals surface area contributed by atoms with Gasteiger partial charge in [0, 0.05) is 23.9 Å². The van der Waals surface area contributed by atoms with Crippen molar-refractivity contribution in [2.75, 3.05) is 0 Å². The van der Waals surface area contributed by atoms with Gasteiger partial charge in [0.25, 0.3) is 5.69 Å². The number of hydrogen-bond donors (Lipinski definition) is 0. The number of benzene rings is 2. The third-order valence-electron chi connectivity index (χ3n) is 3.27. The van der Waals surface area contributed by atoms with E-state index in [1.54, 1.807) is 16.8 Å². The number of nitrogens with zero attached hydrogens (tertiary/aromatic N) is 3. The monoisotopic (exact) mass is 279 g/mol. The van der Waals surface area contributed by atoms with Gasteiger partial charge in [-0.25, -0.2) is 4.68 Å². The lowest BCUT2D eigenvalue weighted by atomic mass is 10.1. The van der Waals surface area contributed by atoms with E-state index in [0.717, 1.165) is 22.5 Å². The van der Waals surface area contributed by atoms with Gasteiger partial charge in [0.15, 0.2) is 0 Å². The molecule has 0 unspecified atom stereocenters. The van der Waals surface area contributed by atoms with Gasteiger partial charge in [-0.15, -0.1) is 0 Å². The fraction of sp³-hybridized carbons (Fsp3) is 0.0625. The van der Waals surface area contributed by atoms with E-state index in [9.17, 15) is 10.1 Å². The van der Waals surface area contributed by atoms with Crippen LogP contribution in [0.25, 0.3) is 16.9 Å². The SMILES string of the molecule is Cc1cn(-c2ccc([N+](=O)[O-])cc2)nc1-c1ccccc1. The minimum absolute atomic E-state index is 0.0749. The van der Waals surface area contributed by atoms with Gasteiger partial charge in [-0.1, -0.05) is 30.3 Å². The zero-order chi connectivity index (χ0) is 14.8. The van der Waals surface area contributed by atoms with E-state index in [1.165, 1.54) is 12.1 Å². The predicted octanol–water partition coefficient (Wildman–Crippen LogP) is 3.76. The Bertz CT molecular complexity index is 777. The average molecular weight is 279 g/mol. The molecule has 0 aliphatic rings. The molecule has 5 nitrogen and oxygen atoms in total. The van der Waals surface area contributed by atoms with E-state index in [-0.39, 0.29) is 5.69 Å². The molecule has 21 heavy (non-hydrogen) atoms. The standard InChI is InChI=1S/C16H13N3O2/c1-12-11-18(14-7-9-15(10-8-14)19(20)21)17-16(12)13-5-3-2-4-6-13/h2-11H,1H3. The van der Waals surface area contributed by atoms with Gasteiger partial charge in [-0.2, -0.15) is 5.10 Å². The van der Waals surface area contributed by atoms with Crippen LogP contribution in [0.3, 0.4) is 0 Å². The summed E-state index contributed by atoms with van der Waals surface area (Å²) in [6, 6.07) is 16.3. The summed E-state index contributed by atoms with van der Waals surface area (Å²) in [4.78, 5) is 10.3. The number of nitro benzene ring substituents is 1. The highest BCUT2D eigenvalue weighted by Gasteiger charge is 2.10. The van der Waals surface area contributed by atoms with Crippen LogP contribution in [0.4, 0.5) is 5.69 Å². The fourth-order valence-electron chi connectivity index (χ4n) is 2.20. The van der Waals surface area contributed by atoms with Crippen molar-refractivity contribution in [3.05, 3.63) is 76.5 Å². The highest BCUT2D eigenvalue weighted by molar-refractivity contribution is 5.62. The second-order valence-corrected chi connectivity index (χ2v) is 4.74. The van der Waals surface area contributed by atoms with Crippen molar-refractivity contribution >= 4 is 5.69 Å². The summed E-state index contributed by atoms with van der Waals surface area (Å²) in [6.07, 6.45) is 1.92. The summed E-state index contributed by atoms with van der Waals surface area (Å²) < 4.78 is 1.74. The van der Waals surface area contributed by atoms with Gasteiger partial charge >= 0.3 is 0 Å². The Morgan fingerprint density at radius 2 is 1.71 bits per heavy atom. The highest BCUT2D eigenvalue weighted by atomic mass is 16.6. The molecule has 0 spiro atoms. The van der Waals surface area contributed by atoms with Crippen LogP contribution in [-0.4, -0.2) is 14.7 Å². The summed E-state index contributed by atoms with van der Waals surface area (Å²) in [5.41, 5.74) is 3.89. The van der Waals surface area contributed by atoms with Gasteiger partial charge in [0.2, 0.25) is 0 Å². The first-order valence-electron chi connectivity index (χ1n) is 6.51. The topological polar surface area (TPSA) is 61.0 Å². The Hall–Kier alpha value is -2.95. The molecule has 2 aromatic carbocycles. The number of nitro groups is 1. The van der Waals surface area contributed by atoms with Gasteiger partial charge < -0.3 is 0 Å². The highest BCUT2D eigenvalue weighted by Crippen LogP contribution is 2.23. The van der Waals surface area contributed by atoms with Crippen LogP contribution in [0.15, 0.2) is 60.8 Å². The van der Waals surface area contributed by atoms with Crippen molar-refractivity contribution in [3.8, 4) is 16.9 Å². The van der Waals surface area contributed by atoms with Crippen molar-refractivity contribution in [2.45, 2.75) is 6.92 Å². The Morgan fingerprint density at radius 1 is 1.05 bits per heavy atom. The van der Waals surface area contributed by atoms with Crippen LogP contribution in [0, 0.1) is 17.0 Å². The zero-order valence-corrected chi connectivity index (χ0v) is 11.4. The van der Waals surface area contributed by atoms with E-state index < -0.39 is 4.92 Å². The van der Waals surface area contributed by atoms with E-state index in [4.69, 9.17) is 0 Å². The van der Waals surface area contributed by atoms with Crippen LogP contribution >= 0.6 is 0 Å². The van der Waals surface area contributed by atoms with Crippen molar-refractivity contribution < 1.29 is 4.92 Å². The Kier molecular flexibility index (Phi) is 3.23. The molecule has 0 amide bonds. The van der Waals surface area contributed by atoms with E-state index in [0.29, 0.717) is 0 Å². The first-order chi connectivity index (χ1) is 10.1. The second-order valence-electron chi connectivity index (χ2n) is 4.74. The molecule has 0 N–H and O–H groups in total. The van der Waals surface area contributed by atoms with Gasteiger partial charge in [-0.05, 0) is 24.6 Å². The number of non-ortho nitro benzene ring substituents is 1. The van der Waals surface area contributed by atoms with E-state index in [2.05, 4.69) is 5.10 Å². The van der Waals surface area contributed by atoms with Crippen molar-refractivity contribution in [1.29, 1.82) is 0 Å². The van der Waals surface area contributed by atoms with E-state index >= 15 is 0 Å². The summed E-state index contributed by atoms with van der Waals surface area (Å²) in [7, 11) is 0. The quantitative estimate of drug-likeness (QED) is 0.541. The average Bonchev–Trinajstić information content (AvgIpc) is 2.90. The smallest absolute Gasteiger partial charge is 0.258 e. The number of rotatable bonds is 3. The van der Waals surface area contributed by atoms with Crippen molar-refractivity contribution in [1.82, 2.24) is 9.78 Å². The third kappa shape index (κ3) is 2.53. The number of aromatic nitrogens is 2. The minimum atomic E-state index is -0.409. The molecule has 1 heterocycles. The molecule has 0 atom stereocenters. The molecule has 0 aliphatic heterocycles. The maximum Gasteiger partial charge on any atom is 0.269 e. The summed E-state index contributed by atoms with van der Waals surface area (Å²) in [5.74, 6) is 0. The van der Waals surface area contributed by atoms with Crippen LogP contribution in [0.1, 0.15) is 5.56 Å². The minimum Gasteiger partial charge on any atom is -0.258 e. The van der Waals surface area contributed by atoms with Crippen LogP contribution in [-0.2, 0) is 0 Å². The summed E-state index contributed by atoms with van der Waals surface area (Å²) in [5, 5.41) is 15.2. The molecule has 3 aromatic rings. The molecule has 104 valence electrons. The maximum absolute atomic E-state index is 10.7. The molecule has 3 rings (SSSR count). The van der Waals surface area contributed by atoms with Crippen LogP contribution < -0.4 is 0 Å².